The van der Waals surface area contributed by atoms with Crippen LogP contribution in [0.3, 0.4) is 0 Å². The van der Waals surface area contributed by atoms with E-state index >= 15 is 0 Å². The summed E-state index contributed by atoms with van der Waals surface area (Å²) in [6.45, 7) is 3.37. The van der Waals surface area contributed by atoms with Crippen LogP contribution < -0.4 is 10.6 Å². The van der Waals surface area contributed by atoms with Crippen molar-refractivity contribution in [3.05, 3.63) is 0 Å². The Kier molecular flexibility index (Phi) is 4.66. The van der Waals surface area contributed by atoms with Gasteiger partial charge in [-0.05, 0) is 25.7 Å². The van der Waals surface area contributed by atoms with Gasteiger partial charge in [-0.15, -0.1) is 0 Å². The van der Waals surface area contributed by atoms with Gasteiger partial charge in [-0.2, -0.15) is 0 Å². The zero-order valence-electron chi connectivity index (χ0n) is 12.1. The molecule has 0 bridgehead atoms. The first-order valence-electron chi connectivity index (χ1n) is 7.08. The molecule has 2 aliphatic rings. The average molecular weight is 299 g/mol. The number of ether oxygens (including phenoxy) is 1. The fourth-order valence-corrected chi connectivity index (χ4v) is 2.35. The summed E-state index contributed by atoms with van der Waals surface area (Å²) in [6.07, 6.45) is 1.57. The fraction of sp³-hybridized carbons (Fsp3) is 0.769. The SMILES string of the molecule is CC(NC(=O)NCC(=O)N1CCOCC1)(C(=O)O)C1CC1. The van der Waals surface area contributed by atoms with E-state index in [2.05, 4.69) is 10.6 Å². The lowest BCUT2D eigenvalue weighted by Gasteiger charge is -2.28. The molecule has 21 heavy (non-hydrogen) atoms. The van der Waals surface area contributed by atoms with Crippen molar-refractivity contribution in [3.8, 4) is 0 Å². The van der Waals surface area contributed by atoms with Crippen molar-refractivity contribution in [2.45, 2.75) is 25.3 Å². The summed E-state index contributed by atoms with van der Waals surface area (Å²) in [5, 5.41) is 14.1. The molecule has 0 radical (unpaired) electrons. The molecule has 2 fully saturated rings. The summed E-state index contributed by atoms with van der Waals surface area (Å²) in [5.41, 5.74) is -1.27. The van der Waals surface area contributed by atoms with Crippen molar-refractivity contribution in [1.29, 1.82) is 0 Å². The molecule has 8 heteroatoms. The molecule has 1 saturated carbocycles. The molecule has 0 aromatic heterocycles. The van der Waals surface area contributed by atoms with E-state index in [1.165, 1.54) is 6.92 Å². The van der Waals surface area contributed by atoms with Crippen LogP contribution in [0.4, 0.5) is 4.79 Å². The van der Waals surface area contributed by atoms with Crippen LogP contribution in [0.2, 0.25) is 0 Å². The van der Waals surface area contributed by atoms with Crippen molar-refractivity contribution in [3.63, 3.8) is 0 Å². The quantitative estimate of drug-likeness (QED) is 0.628. The standard InChI is InChI=1S/C13H21N3O5/c1-13(11(18)19,9-2-3-9)15-12(20)14-8-10(17)16-4-6-21-7-5-16/h9H,2-8H2,1H3,(H,18,19)(H2,14,15,20). The highest BCUT2D eigenvalue weighted by molar-refractivity contribution is 5.89. The van der Waals surface area contributed by atoms with Gasteiger partial charge in [0.1, 0.15) is 5.54 Å². The van der Waals surface area contributed by atoms with Gasteiger partial charge in [0.05, 0.1) is 19.8 Å². The molecule has 0 aromatic rings. The number of carboxylic acids is 1. The minimum Gasteiger partial charge on any atom is -0.480 e. The minimum absolute atomic E-state index is 0.0457. The van der Waals surface area contributed by atoms with Gasteiger partial charge in [0.2, 0.25) is 5.91 Å². The predicted molar refractivity (Wildman–Crippen MR) is 72.7 cm³/mol. The lowest BCUT2D eigenvalue weighted by atomic mass is 9.96. The Hall–Kier alpha value is -1.83. The van der Waals surface area contributed by atoms with Gasteiger partial charge < -0.3 is 25.4 Å². The van der Waals surface area contributed by atoms with Crippen LogP contribution in [0.15, 0.2) is 0 Å². The van der Waals surface area contributed by atoms with Crippen molar-refractivity contribution in [2.75, 3.05) is 32.8 Å². The first-order chi connectivity index (χ1) is 9.93. The van der Waals surface area contributed by atoms with E-state index < -0.39 is 17.5 Å². The van der Waals surface area contributed by atoms with Crippen LogP contribution in [0.5, 0.6) is 0 Å². The summed E-state index contributed by atoms with van der Waals surface area (Å²) in [7, 11) is 0. The zero-order valence-corrected chi connectivity index (χ0v) is 12.1. The highest BCUT2D eigenvalue weighted by Crippen LogP contribution is 2.39. The Bertz CT molecular complexity index is 432. The smallest absolute Gasteiger partial charge is 0.329 e. The Morgan fingerprint density at radius 1 is 1.29 bits per heavy atom. The molecule has 3 amide bonds. The third-order valence-corrected chi connectivity index (χ3v) is 3.98. The number of carbonyl (C=O) groups is 3. The molecule has 1 aliphatic heterocycles. The van der Waals surface area contributed by atoms with E-state index in [1.807, 2.05) is 0 Å². The molecule has 2 rings (SSSR count). The van der Waals surface area contributed by atoms with Crippen LogP contribution in [0.25, 0.3) is 0 Å². The summed E-state index contributed by atoms with van der Waals surface area (Å²) in [6, 6.07) is -0.631. The highest BCUT2D eigenvalue weighted by Gasteiger charge is 2.48. The summed E-state index contributed by atoms with van der Waals surface area (Å²) in [4.78, 5) is 36.6. The largest absolute Gasteiger partial charge is 0.480 e. The van der Waals surface area contributed by atoms with Crippen LogP contribution in [-0.4, -0.2) is 66.3 Å². The van der Waals surface area contributed by atoms with Gasteiger partial charge in [0.25, 0.3) is 0 Å². The minimum atomic E-state index is -1.27. The van der Waals surface area contributed by atoms with Crippen molar-refractivity contribution in [1.82, 2.24) is 15.5 Å². The lowest BCUT2D eigenvalue weighted by Crippen LogP contribution is -2.57. The molecule has 3 N–H and O–H groups in total. The number of morpholine rings is 1. The van der Waals surface area contributed by atoms with Crippen molar-refractivity contribution < 1.29 is 24.2 Å². The molecule has 8 nitrogen and oxygen atoms in total. The third-order valence-electron chi connectivity index (χ3n) is 3.98. The Morgan fingerprint density at radius 2 is 1.90 bits per heavy atom. The molecule has 1 aliphatic carbocycles. The predicted octanol–water partition coefficient (Wildman–Crippen LogP) is -0.602. The summed E-state index contributed by atoms with van der Waals surface area (Å²) in [5.74, 6) is -1.30. The number of rotatable bonds is 5. The molecule has 0 spiro atoms. The van der Waals surface area contributed by atoms with E-state index in [1.54, 1.807) is 4.90 Å². The van der Waals surface area contributed by atoms with Crippen molar-refractivity contribution >= 4 is 17.9 Å². The Labute approximate surface area is 122 Å². The number of hydrogen-bond acceptors (Lipinski definition) is 4. The van der Waals surface area contributed by atoms with E-state index in [9.17, 15) is 19.5 Å². The maximum Gasteiger partial charge on any atom is 0.329 e. The normalized spacial score (nSPS) is 21.3. The number of hydrogen-bond donors (Lipinski definition) is 3. The maximum absolute atomic E-state index is 11.9. The first-order valence-corrected chi connectivity index (χ1v) is 7.08. The average Bonchev–Trinajstić information content (AvgIpc) is 3.30. The van der Waals surface area contributed by atoms with Gasteiger partial charge in [-0.1, -0.05) is 0 Å². The van der Waals surface area contributed by atoms with Gasteiger partial charge in [0, 0.05) is 13.1 Å². The van der Waals surface area contributed by atoms with E-state index in [0.717, 1.165) is 12.8 Å². The van der Waals surface area contributed by atoms with E-state index in [4.69, 9.17) is 4.74 Å². The molecule has 1 heterocycles. The second-order valence-electron chi connectivity index (χ2n) is 5.58. The van der Waals surface area contributed by atoms with Crippen LogP contribution >= 0.6 is 0 Å². The molecule has 1 atom stereocenters. The third kappa shape index (κ3) is 3.84. The number of carbonyl (C=O) groups excluding carboxylic acids is 2. The van der Waals surface area contributed by atoms with Gasteiger partial charge in [0.15, 0.2) is 0 Å². The van der Waals surface area contributed by atoms with Gasteiger partial charge >= 0.3 is 12.0 Å². The number of nitrogens with zero attached hydrogens (tertiary/aromatic N) is 1. The van der Waals surface area contributed by atoms with Crippen LogP contribution in [0, 0.1) is 5.92 Å². The van der Waals surface area contributed by atoms with Crippen molar-refractivity contribution in [2.24, 2.45) is 5.92 Å². The molecular formula is C13H21N3O5. The number of aliphatic carboxylic acids is 1. The Morgan fingerprint density at radius 3 is 2.43 bits per heavy atom. The summed E-state index contributed by atoms with van der Waals surface area (Å²) >= 11 is 0. The topological polar surface area (TPSA) is 108 Å². The second kappa shape index (κ2) is 6.30. The van der Waals surface area contributed by atoms with Gasteiger partial charge in [-0.3, -0.25) is 4.79 Å². The summed E-state index contributed by atoms with van der Waals surface area (Å²) < 4.78 is 5.14. The zero-order chi connectivity index (χ0) is 15.5. The van der Waals surface area contributed by atoms with Crippen LogP contribution in [0.1, 0.15) is 19.8 Å². The molecule has 0 aromatic carbocycles. The van der Waals surface area contributed by atoms with E-state index in [-0.39, 0.29) is 18.4 Å². The number of amides is 3. The number of nitrogens with one attached hydrogen (secondary N) is 2. The molecule has 1 unspecified atom stereocenters. The Balaban J connectivity index is 1.78. The molecule has 1 saturated heterocycles. The fourth-order valence-electron chi connectivity index (χ4n) is 2.35. The number of carboxylic acid groups (broad SMARTS) is 1. The van der Waals surface area contributed by atoms with Crippen LogP contribution in [-0.2, 0) is 14.3 Å². The van der Waals surface area contributed by atoms with Gasteiger partial charge in [-0.25, -0.2) is 9.59 Å². The monoisotopic (exact) mass is 299 g/mol. The van der Waals surface area contributed by atoms with E-state index in [0.29, 0.717) is 26.3 Å². The molecule has 118 valence electrons. The molecular weight excluding hydrogens is 278 g/mol. The maximum atomic E-state index is 11.9. The first kappa shape index (κ1) is 15.6. The lowest BCUT2D eigenvalue weighted by molar-refractivity contribution is -0.144. The highest BCUT2D eigenvalue weighted by atomic mass is 16.5. The number of urea groups is 1. The second-order valence-corrected chi connectivity index (χ2v) is 5.58.